The monoisotopic (exact) mass is 444 g/mol. The van der Waals surface area contributed by atoms with E-state index in [0.29, 0.717) is 31.8 Å². The second-order valence-electron chi connectivity index (χ2n) is 8.56. The smallest absolute Gasteiger partial charge is 0.254 e. The van der Waals surface area contributed by atoms with E-state index in [-0.39, 0.29) is 17.9 Å². The van der Waals surface area contributed by atoms with Crippen molar-refractivity contribution in [2.75, 3.05) is 47.0 Å². The first kappa shape index (κ1) is 24.0. The lowest BCUT2D eigenvalue weighted by molar-refractivity contribution is -0.0438. The Bertz CT molecular complexity index is 883. The number of carbonyl (C=O) groups excluding carboxylic acids is 1. The number of morpholine rings is 1. The van der Waals surface area contributed by atoms with Crippen LogP contribution in [0.25, 0.3) is 0 Å². The molecular formula is C25H33FN2O4. The molecule has 0 aliphatic carbocycles. The standard InChI is InChI=1S/C25H33FN2O4/c1-18(2)14-28(25(29)20-6-5-7-21(26)12-20)17-24-16-27(8-9-32-24)15-19-10-22(30-3)13-23(11-19)31-4/h5-7,10-13,18,24H,8-9,14-17H2,1-4H3. The zero-order valence-corrected chi connectivity index (χ0v) is 19.3. The number of hydrogen-bond acceptors (Lipinski definition) is 5. The van der Waals surface area contributed by atoms with Gasteiger partial charge in [0.05, 0.1) is 26.9 Å². The second kappa shape index (κ2) is 11.3. The maximum absolute atomic E-state index is 13.7. The number of rotatable bonds is 9. The maximum atomic E-state index is 13.7. The lowest BCUT2D eigenvalue weighted by Gasteiger charge is -2.36. The van der Waals surface area contributed by atoms with E-state index in [1.54, 1.807) is 31.3 Å². The fourth-order valence-electron chi connectivity index (χ4n) is 3.98. The van der Waals surface area contributed by atoms with Crippen LogP contribution in [0.4, 0.5) is 4.39 Å². The van der Waals surface area contributed by atoms with Gasteiger partial charge in [0.25, 0.3) is 5.91 Å². The average Bonchev–Trinajstić information content (AvgIpc) is 2.77. The molecule has 2 aromatic carbocycles. The van der Waals surface area contributed by atoms with Crippen LogP contribution in [0.15, 0.2) is 42.5 Å². The van der Waals surface area contributed by atoms with Gasteiger partial charge in [0.1, 0.15) is 17.3 Å². The Balaban J connectivity index is 1.68. The first-order valence-corrected chi connectivity index (χ1v) is 11.0. The SMILES string of the molecule is COc1cc(CN2CCOC(CN(CC(C)C)C(=O)c3cccc(F)c3)C2)cc(OC)c1. The Kier molecular flexibility index (Phi) is 8.47. The molecule has 0 saturated carbocycles. The highest BCUT2D eigenvalue weighted by molar-refractivity contribution is 5.94. The van der Waals surface area contributed by atoms with Crippen LogP contribution in [0.5, 0.6) is 11.5 Å². The van der Waals surface area contributed by atoms with Gasteiger partial charge in [-0.15, -0.1) is 0 Å². The van der Waals surface area contributed by atoms with Crippen molar-refractivity contribution in [2.45, 2.75) is 26.5 Å². The zero-order valence-electron chi connectivity index (χ0n) is 19.3. The number of ether oxygens (including phenoxy) is 3. The van der Waals surface area contributed by atoms with E-state index in [2.05, 4.69) is 18.7 Å². The fourth-order valence-corrected chi connectivity index (χ4v) is 3.98. The van der Waals surface area contributed by atoms with Crippen LogP contribution in [0.1, 0.15) is 29.8 Å². The van der Waals surface area contributed by atoms with E-state index >= 15 is 0 Å². The molecule has 2 aromatic rings. The van der Waals surface area contributed by atoms with Gasteiger partial charge in [0.2, 0.25) is 0 Å². The number of carbonyl (C=O) groups is 1. The molecule has 1 atom stereocenters. The van der Waals surface area contributed by atoms with E-state index < -0.39 is 5.82 Å². The summed E-state index contributed by atoms with van der Waals surface area (Å²) in [5.41, 5.74) is 1.46. The molecule has 0 bridgehead atoms. The minimum atomic E-state index is -0.408. The van der Waals surface area contributed by atoms with Crippen molar-refractivity contribution < 1.29 is 23.4 Å². The molecule has 1 aliphatic heterocycles. The van der Waals surface area contributed by atoms with Crippen molar-refractivity contribution in [1.82, 2.24) is 9.80 Å². The number of benzene rings is 2. The first-order valence-electron chi connectivity index (χ1n) is 11.0. The summed E-state index contributed by atoms with van der Waals surface area (Å²) in [7, 11) is 3.28. The van der Waals surface area contributed by atoms with Gasteiger partial charge in [-0.25, -0.2) is 4.39 Å². The van der Waals surface area contributed by atoms with Crippen LogP contribution in [0, 0.1) is 11.7 Å². The van der Waals surface area contributed by atoms with Crippen LogP contribution in [0.2, 0.25) is 0 Å². The van der Waals surface area contributed by atoms with Gasteiger partial charge >= 0.3 is 0 Å². The van der Waals surface area contributed by atoms with Crippen LogP contribution >= 0.6 is 0 Å². The molecule has 3 rings (SSSR count). The third-order valence-corrected chi connectivity index (χ3v) is 5.41. The Hall–Kier alpha value is -2.64. The molecule has 1 heterocycles. The van der Waals surface area contributed by atoms with E-state index in [9.17, 15) is 9.18 Å². The normalized spacial score (nSPS) is 16.8. The average molecular weight is 445 g/mol. The van der Waals surface area contributed by atoms with Crippen LogP contribution in [0.3, 0.4) is 0 Å². The Morgan fingerprint density at radius 3 is 2.53 bits per heavy atom. The largest absolute Gasteiger partial charge is 0.497 e. The van der Waals surface area contributed by atoms with Crippen molar-refractivity contribution >= 4 is 5.91 Å². The zero-order chi connectivity index (χ0) is 23.1. The summed E-state index contributed by atoms with van der Waals surface area (Å²) in [6, 6.07) is 11.7. The minimum Gasteiger partial charge on any atom is -0.497 e. The van der Waals surface area contributed by atoms with Crippen molar-refractivity contribution in [2.24, 2.45) is 5.92 Å². The van der Waals surface area contributed by atoms with Crippen molar-refractivity contribution in [3.05, 3.63) is 59.4 Å². The van der Waals surface area contributed by atoms with E-state index in [1.807, 2.05) is 18.2 Å². The number of hydrogen-bond donors (Lipinski definition) is 0. The summed E-state index contributed by atoms with van der Waals surface area (Å²) in [5.74, 6) is 1.22. The Labute approximate surface area is 189 Å². The van der Waals surface area contributed by atoms with Crippen molar-refractivity contribution in [3.8, 4) is 11.5 Å². The molecule has 32 heavy (non-hydrogen) atoms. The molecule has 0 aromatic heterocycles. The molecule has 1 unspecified atom stereocenters. The molecule has 6 nitrogen and oxygen atoms in total. The van der Waals surface area contributed by atoms with Gasteiger partial charge in [0, 0.05) is 44.4 Å². The Morgan fingerprint density at radius 2 is 1.91 bits per heavy atom. The highest BCUT2D eigenvalue weighted by atomic mass is 19.1. The van der Waals surface area contributed by atoms with Crippen molar-refractivity contribution in [1.29, 1.82) is 0 Å². The lowest BCUT2D eigenvalue weighted by Crippen LogP contribution is -2.49. The highest BCUT2D eigenvalue weighted by Crippen LogP contribution is 2.24. The number of methoxy groups -OCH3 is 2. The topological polar surface area (TPSA) is 51.2 Å². The van der Waals surface area contributed by atoms with Gasteiger partial charge in [-0.1, -0.05) is 19.9 Å². The molecule has 0 radical (unpaired) electrons. The summed E-state index contributed by atoms with van der Waals surface area (Å²) < 4.78 is 30.4. The molecule has 0 N–H and O–H groups in total. The molecule has 1 aliphatic rings. The van der Waals surface area contributed by atoms with E-state index in [0.717, 1.165) is 30.2 Å². The predicted octanol–water partition coefficient (Wildman–Crippen LogP) is 3.84. The van der Waals surface area contributed by atoms with Crippen molar-refractivity contribution in [3.63, 3.8) is 0 Å². The van der Waals surface area contributed by atoms with Gasteiger partial charge in [-0.2, -0.15) is 0 Å². The molecule has 1 fully saturated rings. The van der Waals surface area contributed by atoms with Gasteiger partial charge in [-0.3, -0.25) is 9.69 Å². The van der Waals surface area contributed by atoms with Crippen LogP contribution in [-0.4, -0.2) is 68.8 Å². The highest BCUT2D eigenvalue weighted by Gasteiger charge is 2.26. The summed E-state index contributed by atoms with van der Waals surface area (Å²) in [4.78, 5) is 17.2. The minimum absolute atomic E-state index is 0.118. The molecule has 174 valence electrons. The van der Waals surface area contributed by atoms with E-state index in [1.165, 1.54) is 12.1 Å². The number of nitrogens with zero attached hydrogens (tertiary/aromatic N) is 2. The lowest BCUT2D eigenvalue weighted by atomic mass is 10.1. The molecular weight excluding hydrogens is 411 g/mol. The van der Waals surface area contributed by atoms with Crippen LogP contribution < -0.4 is 9.47 Å². The first-order chi connectivity index (χ1) is 15.4. The predicted molar refractivity (Wildman–Crippen MR) is 122 cm³/mol. The molecule has 1 amide bonds. The number of amides is 1. The van der Waals surface area contributed by atoms with Gasteiger partial charge in [-0.05, 0) is 41.8 Å². The Morgan fingerprint density at radius 1 is 1.19 bits per heavy atom. The van der Waals surface area contributed by atoms with Gasteiger partial charge < -0.3 is 19.1 Å². The van der Waals surface area contributed by atoms with Crippen LogP contribution in [-0.2, 0) is 11.3 Å². The summed E-state index contributed by atoms with van der Waals surface area (Å²) in [5, 5.41) is 0. The number of halogens is 1. The second-order valence-corrected chi connectivity index (χ2v) is 8.56. The summed E-state index contributed by atoms with van der Waals surface area (Å²) >= 11 is 0. The quantitative estimate of drug-likeness (QED) is 0.588. The summed E-state index contributed by atoms with van der Waals surface area (Å²) in [6.07, 6.45) is -0.118. The molecule has 0 spiro atoms. The fraction of sp³-hybridized carbons (Fsp3) is 0.480. The maximum Gasteiger partial charge on any atom is 0.254 e. The molecule has 7 heteroatoms. The third kappa shape index (κ3) is 6.68. The van der Waals surface area contributed by atoms with E-state index in [4.69, 9.17) is 14.2 Å². The summed E-state index contributed by atoms with van der Waals surface area (Å²) in [6.45, 7) is 8.01. The molecule has 1 saturated heterocycles. The third-order valence-electron chi connectivity index (χ3n) is 5.41. The van der Waals surface area contributed by atoms with Gasteiger partial charge in [0.15, 0.2) is 0 Å².